The van der Waals surface area contributed by atoms with E-state index in [1.54, 1.807) is 18.5 Å². The average Bonchev–Trinajstić information content (AvgIpc) is 2.95. The van der Waals surface area contributed by atoms with Crippen LogP contribution in [0.5, 0.6) is 5.75 Å². The number of nitrogens with one attached hydrogen (secondary N) is 1. The van der Waals surface area contributed by atoms with Crippen LogP contribution < -0.4 is 15.0 Å². The fraction of sp³-hybridized carbons (Fsp3) is 0.300. The molecule has 4 rings (SSSR count). The molecule has 37 heavy (non-hydrogen) atoms. The highest BCUT2D eigenvalue weighted by Crippen LogP contribution is 2.19. The standard InChI is InChI=1S/C30H32N4O3/c1-3-14-32-29(35)25-10-12-27(13-11-25)33-15-17-34(18-16-33)30(36)26-19-24(21-31-22-26)9-8-23-6-5-7-28(20-23)37-4-2/h5-7,10-13,19-22H,3-4,14-18H2,1-2H3,(H,32,35). The lowest BCUT2D eigenvalue weighted by Gasteiger charge is -2.36. The van der Waals surface area contributed by atoms with Gasteiger partial charge < -0.3 is 19.9 Å². The van der Waals surface area contributed by atoms with Gasteiger partial charge in [-0.3, -0.25) is 14.6 Å². The third-order valence-electron chi connectivity index (χ3n) is 6.08. The van der Waals surface area contributed by atoms with Crippen LogP contribution in [0.3, 0.4) is 0 Å². The van der Waals surface area contributed by atoms with E-state index in [-0.39, 0.29) is 11.8 Å². The Morgan fingerprint density at radius 2 is 1.68 bits per heavy atom. The number of benzene rings is 2. The molecule has 7 nitrogen and oxygen atoms in total. The van der Waals surface area contributed by atoms with Crippen LogP contribution in [0, 0.1) is 11.8 Å². The number of piperazine rings is 1. The lowest BCUT2D eigenvalue weighted by atomic mass is 10.1. The molecular weight excluding hydrogens is 464 g/mol. The highest BCUT2D eigenvalue weighted by molar-refractivity contribution is 5.95. The molecule has 2 aromatic carbocycles. The minimum Gasteiger partial charge on any atom is -0.494 e. The summed E-state index contributed by atoms with van der Waals surface area (Å²) in [5, 5.41) is 2.89. The molecule has 1 saturated heterocycles. The molecular formula is C30H32N4O3. The molecule has 0 radical (unpaired) electrons. The molecule has 1 aromatic heterocycles. The number of pyridine rings is 1. The van der Waals surface area contributed by atoms with Crippen LogP contribution >= 0.6 is 0 Å². The predicted molar refractivity (Wildman–Crippen MR) is 145 cm³/mol. The van der Waals surface area contributed by atoms with Crippen molar-refractivity contribution < 1.29 is 14.3 Å². The molecule has 0 unspecified atom stereocenters. The zero-order valence-corrected chi connectivity index (χ0v) is 21.4. The van der Waals surface area contributed by atoms with Gasteiger partial charge in [-0.25, -0.2) is 0 Å². The topological polar surface area (TPSA) is 74.8 Å². The van der Waals surface area contributed by atoms with Crippen molar-refractivity contribution in [1.82, 2.24) is 15.2 Å². The van der Waals surface area contributed by atoms with E-state index >= 15 is 0 Å². The summed E-state index contributed by atoms with van der Waals surface area (Å²) in [6.07, 6.45) is 4.17. The number of nitrogens with zero attached hydrogens (tertiary/aromatic N) is 3. The summed E-state index contributed by atoms with van der Waals surface area (Å²) in [6, 6.07) is 17.1. The van der Waals surface area contributed by atoms with Gasteiger partial charge in [0.2, 0.25) is 0 Å². The summed E-state index contributed by atoms with van der Waals surface area (Å²) in [4.78, 5) is 33.6. The molecule has 7 heteroatoms. The van der Waals surface area contributed by atoms with Crippen molar-refractivity contribution >= 4 is 17.5 Å². The SMILES string of the molecule is CCCNC(=O)c1ccc(N2CCN(C(=O)c3cncc(C#Cc4cccc(OCC)c4)c3)CC2)cc1. The molecule has 0 saturated carbocycles. The molecule has 2 heterocycles. The highest BCUT2D eigenvalue weighted by Gasteiger charge is 2.23. The Morgan fingerprint density at radius 1 is 0.919 bits per heavy atom. The number of aromatic nitrogens is 1. The largest absolute Gasteiger partial charge is 0.494 e. The van der Waals surface area contributed by atoms with Crippen LogP contribution in [0.1, 0.15) is 52.1 Å². The Bertz CT molecular complexity index is 1290. The monoisotopic (exact) mass is 496 g/mol. The Kier molecular flexibility index (Phi) is 8.77. The van der Waals surface area contributed by atoms with Crippen molar-refractivity contribution in [3.8, 4) is 17.6 Å². The molecule has 1 aliphatic heterocycles. The van der Waals surface area contributed by atoms with Crippen molar-refractivity contribution in [2.24, 2.45) is 0 Å². The quantitative estimate of drug-likeness (QED) is 0.501. The minimum atomic E-state index is -0.0524. The second-order valence-corrected chi connectivity index (χ2v) is 8.76. The van der Waals surface area contributed by atoms with Crippen molar-refractivity contribution in [2.75, 3.05) is 44.2 Å². The maximum atomic E-state index is 13.2. The van der Waals surface area contributed by atoms with Crippen molar-refractivity contribution in [3.63, 3.8) is 0 Å². The van der Waals surface area contributed by atoms with Gasteiger partial charge in [-0.15, -0.1) is 0 Å². The number of hydrogen-bond acceptors (Lipinski definition) is 5. The van der Waals surface area contributed by atoms with Gasteiger partial charge in [-0.1, -0.05) is 24.8 Å². The molecule has 0 bridgehead atoms. The molecule has 1 aliphatic rings. The van der Waals surface area contributed by atoms with Crippen LogP contribution in [0.25, 0.3) is 0 Å². The summed E-state index contributed by atoms with van der Waals surface area (Å²) in [5.41, 5.74) is 3.77. The molecule has 3 aromatic rings. The van der Waals surface area contributed by atoms with Gasteiger partial charge in [0.05, 0.1) is 12.2 Å². The number of carbonyl (C=O) groups excluding carboxylic acids is 2. The first-order valence-corrected chi connectivity index (χ1v) is 12.7. The maximum absolute atomic E-state index is 13.2. The molecule has 0 aliphatic carbocycles. The van der Waals surface area contributed by atoms with Crippen molar-refractivity contribution in [1.29, 1.82) is 0 Å². The molecule has 2 amide bonds. The Labute approximate surface area is 218 Å². The van der Waals surface area contributed by atoms with E-state index in [0.717, 1.165) is 36.5 Å². The molecule has 190 valence electrons. The smallest absolute Gasteiger partial charge is 0.255 e. The molecule has 0 spiro atoms. The lowest BCUT2D eigenvalue weighted by Crippen LogP contribution is -2.48. The van der Waals surface area contributed by atoms with Crippen molar-refractivity contribution in [2.45, 2.75) is 20.3 Å². The van der Waals surface area contributed by atoms with Gasteiger partial charge in [0.1, 0.15) is 5.75 Å². The van der Waals surface area contributed by atoms with E-state index in [0.29, 0.717) is 42.9 Å². The average molecular weight is 497 g/mol. The fourth-order valence-electron chi connectivity index (χ4n) is 4.11. The summed E-state index contributed by atoms with van der Waals surface area (Å²) in [6.45, 7) is 7.90. The van der Waals surface area contributed by atoms with E-state index in [1.807, 2.05) is 67.3 Å². The van der Waals surface area contributed by atoms with Crippen LogP contribution in [0.15, 0.2) is 67.0 Å². The first-order valence-electron chi connectivity index (χ1n) is 12.7. The normalized spacial score (nSPS) is 12.9. The van der Waals surface area contributed by atoms with Crippen molar-refractivity contribution in [3.05, 3.63) is 89.2 Å². The second-order valence-electron chi connectivity index (χ2n) is 8.76. The predicted octanol–water partition coefficient (Wildman–Crippen LogP) is 3.98. The molecule has 0 atom stereocenters. The van der Waals surface area contributed by atoms with Gasteiger partial charge in [0.25, 0.3) is 11.8 Å². The van der Waals surface area contributed by atoms with E-state index in [2.05, 4.69) is 27.0 Å². The zero-order valence-electron chi connectivity index (χ0n) is 21.4. The Balaban J connectivity index is 1.35. The Morgan fingerprint density at radius 3 is 2.41 bits per heavy atom. The fourth-order valence-corrected chi connectivity index (χ4v) is 4.11. The Hall–Kier alpha value is -4.31. The van der Waals surface area contributed by atoms with Gasteiger partial charge in [-0.2, -0.15) is 0 Å². The number of hydrogen-bond donors (Lipinski definition) is 1. The van der Waals surface area contributed by atoms with E-state index in [1.165, 1.54) is 0 Å². The summed E-state index contributed by atoms with van der Waals surface area (Å²) in [7, 11) is 0. The third-order valence-corrected chi connectivity index (χ3v) is 6.08. The summed E-state index contributed by atoms with van der Waals surface area (Å²) in [5.74, 6) is 6.91. The van der Waals surface area contributed by atoms with Gasteiger partial charge >= 0.3 is 0 Å². The number of ether oxygens (including phenoxy) is 1. The minimum absolute atomic E-state index is 0.0444. The highest BCUT2D eigenvalue weighted by atomic mass is 16.5. The molecule has 1 fully saturated rings. The first-order chi connectivity index (χ1) is 18.1. The third kappa shape index (κ3) is 6.89. The summed E-state index contributed by atoms with van der Waals surface area (Å²) >= 11 is 0. The van der Waals surface area contributed by atoms with Gasteiger partial charge in [0, 0.05) is 67.5 Å². The number of rotatable bonds is 7. The van der Waals surface area contributed by atoms with E-state index in [9.17, 15) is 9.59 Å². The van der Waals surface area contributed by atoms with Gasteiger partial charge in [0.15, 0.2) is 0 Å². The second kappa shape index (κ2) is 12.6. The number of carbonyl (C=O) groups is 2. The van der Waals surface area contributed by atoms with Crippen LogP contribution in [-0.2, 0) is 0 Å². The van der Waals surface area contributed by atoms with Crippen LogP contribution in [0.2, 0.25) is 0 Å². The summed E-state index contributed by atoms with van der Waals surface area (Å²) < 4.78 is 5.53. The maximum Gasteiger partial charge on any atom is 0.255 e. The number of amides is 2. The van der Waals surface area contributed by atoms with Gasteiger partial charge in [-0.05, 0) is 61.9 Å². The van der Waals surface area contributed by atoms with E-state index < -0.39 is 0 Å². The molecule has 1 N–H and O–H groups in total. The first kappa shape index (κ1) is 25.8. The van der Waals surface area contributed by atoms with Crippen LogP contribution in [0.4, 0.5) is 5.69 Å². The van der Waals surface area contributed by atoms with E-state index in [4.69, 9.17) is 4.74 Å². The van der Waals surface area contributed by atoms with Crippen LogP contribution in [-0.4, -0.2) is 61.0 Å². The zero-order chi connectivity index (χ0) is 26.0. The lowest BCUT2D eigenvalue weighted by molar-refractivity contribution is 0.0746. The number of anilines is 1.